The molecule has 0 unspecified atom stereocenters. The molecular formula is C19H23N3O3. The highest BCUT2D eigenvalue weighted by Gasteiger charge is 2.35. The molecule has 2 heterocycles. The molecule has 1 saturated carbocycles. The smallest absolute Gasteiger partial charge is 0.260 e. The Balaban J connectivity index is 1.35. The van der Waals surface area contributed by atoms with Crippen molar-refractivity contribution in [2.45, 2.75) is 44.6 Å². The Morgan fingerprint density at radius 1 is 1.16 bits per heavy atom. The van der Waals surface area contributed by atoms with Crippen LogP contribution in [0.2, 0.25) is 0 Å². The first kappa shape index (κ1) is 16.1. The van der Waals surface area contributed by atoms with Gasteiger partial charge in [0.15, 0.2) is 6.61 Å². The Morgan fingerprint density at radius 3 is 2.76 bits per heavy atom. The lowest BCUT2D eigenvalue weighted by Gasteiger charge is -2.44. The lowest BCUT2D eigenvalue weighted by molar-refractivity contribution is -0.139. The molecule has 1 saturated heterocycles. The molecule has 6 heteroatoms. The number of likely N-dealkylation sites (tertiary alicyclic amines) is 1. The number of rotatable bonds is 4. The molecule has 1 aliphatic carbocycles. The van der Waals surface area contributed by atoms with Crippen molar-refractivity contribution in [1.82, 2.24) is 15.1 Å². The van der Waals surface area contributed by atoms with E-state index in [0.29, 0.717) is 23.6 Å². The Hall–Kier alpha value is -2.37. The summed E-state index contributed by atoms with van der Waals surface area (Å²) in [5.41, 5.74) is 0.831. The van der Waals surface area contributed by atoms with E-state index >= 15 is 0 Å². The maximum atomic E-state index is 12.6. The van der Waals surface area contributed by atoms with E-state index in [-0.39, 0.29) is 12.5 Å². The number of piperidine rings is 1. The zero-order valence-corrected chi connectivity index (χ0v) is 14.3. The van der Waals surface area contributed by atoms with E-state index in [1.54, 1.807) is 0 Å². The number of fused-ring (bicyclic) bond motifs is 1. The normalized spacial score (nSPS) is 23.1. The van der Waals surface area contributed by atoms with Crippen LogP contribution in [0.1, 0.15) is 38.5 Å². The molecule has 0 radical (unpaired) electrons. The Labute approximate surface area is 147 Å². The van der Waals surface area contributed by atoms with Crippen LogP contribution in [-0.4, -0.2) is 40.2 Å². The lowest BCUT2D eigenvalue weighted by atomic mass is 9.78. The van der Waals surface area contributed by atoms with Crippen molar-refractivity contribution in [3.63, 3.8) is 0 Å². The van der Waals surface area contributed by atoms with Gasteiger partial charge < -0.3 is 14.1 Å². The number of amides is 1. The largest absolute Gasteiger partial charge is 0.484 e. The summed E-state index contributed by atoms with van der Waals surface area (Å²) in [6.07, 6.45) is 8.66. The minimum Gasteiger partial charge on any atom is -0.484 e. The van der Waals surface area contributed by atoms with Crippen LogP contribution in [0.15, 0.2) is 35.1 Å². The third-order valence-corrected chi connectivity index (χ3v) is 5.39. The first-order chi connectivity index (χ1) is 12.3. The van der Waals surface area contributed by atoms with Gasteiger partial charge in [-0.2, -0.15) is 0 Å². The summed E-state index contributed by atoms with van der Waals surface area (Å²) in [4.78, 5) is 14.7. The predicted molar refractivity (Wildman–Crippen MR) is 91.9 cm³/mol. The van der Waals surface area contributed by atoms with Gasteiger partial charge >= 0.3 is 0 Å². The standard InChI is InChI=1S/C19H23N3O3/c23-18(22-11-3-5-14-4-1-2-6-17(14)22)12-24-16-9-7-15(8-10-16)19-21-20-13-25-19/h7-10,13-14,17H,1-6,11-12H2/t14-,17-/m0/s1. The number of carbonyl (C=O) groups excluding carboxylic acids is 1. The highest BCUT2D eigenvalue weighted by atomic mass is 16.5. The van der Waals surface area contributed by atoms with Gasteiger partial charge in [-0.25, -0.2) is 0 Å². The number of hydrogen-bond acceptors (Lipinski definition) is 5. The minimum absolute atomic E-state index is 0.100. The molecule has 0 bridgehead atoms. The summed E-state index contributed by atoms with van der Waals surface area (Å²) in [5.74, 6) is 1.95. The van der Waals surface area contributed by atoms with Crippen molar-refractivity contribution in [2.24, 2.45) is 5.92 Å². The SMILES string of the molecule is O=C(COc1ccc(-c2nnco2)cc1)N1CCC[C@@H]2CCCC[C@@H]21. The maximum Gasteiger partial charge on any atom is 0.260 e. The monoisotopic (exact) mass is 341 g/mol. The molecule has 1 aromatic carbocycles. The van der Waals surface area contributed by atoms with E-state index in [2.05, 4.69) is 15.1 Å². The number of hydrogen-bond donors (Lipinski definition) is 0. The van der Waals surface area contributed by atoms with E-state index in [1.165, 1.54) is 32.1 Å². The third-order valence-electron chi connectivity index (χ3n) is 5.39. The molecule has 0 spiro atoms. The lowest BCUT2D eigenvalue weighted by Crippen LogP contribution is -2.51. The average Bonchev–Trinajstić information content (AvgIpc) is 3.21. The van der Waals surface area contributed by atoms with Crippen molar-refractivity contribution in [1.29, 1.82) is 0 Å². The van der Waals surface area contributed by atoms with Gasteiger partial charge in [-0.05, 0) is 55.9 Å². The van der Waals surface area contributed by atoms with Crippen LogP contribution in [-0.2, 0) is 4.79 Å². The third kappa shape index (κ3) is 3.52. The summed E-state index contributed by atoms with van der Waals surface area (Å²) >= 11 is 0. The van der Waals surface area contributed by atoms with Gasteiger partial charge in [-0.3, -0.25) is 4.79 Å². The second-order valence-corrected chi connectivity index (χ2v) is 6.90. The molecule has 1 amide bonds. The summed E-state index contributed by atoms with van der Waals surface area (Å²) in [5, 5.41) is 7.54. The molecule has 1 aromatic heterocycles. The highest BCUT2D eigenvalue weighted by Crippen LogP contribution is 2.35. The fraction of sp³-hybridized carbons (Fsp3) is 0.526. The Kier molecular flexibility index (Phi) is 4.68. The predicted octanol–water partition coefficient (Wildman–Crippen LogP) is 3.30. The average molecular weight is 341 g/mol. The van der Waals surface area contributed by atoms with E-state index in [0.717, 1.165) is 24.9 Å². The van der Waals surface area contributed by atoms with Gasteiger partial charge in [-0.15, -0.1) is 10.2 Å². The zero-order valence-electron chi connectivity index (χ0n) is 14.3. The van der Waals surface area contributed by atoms with Crippen molar-refractivity contribution < 1.29 is 13.9 Å². The number of aromatic nitrogens is 2. The van der Waals surface area contributed by atoms with Crippen LogP contribution in [0.3, 0.4) is 0 Å². The zero-order chi connectivity index (χ0) is 17.1. The molecule has 2 fully saturated rings. The number of benzene rings is 1. The van der Waals surface area contributed by atoms with E-state index in [1.807, 2.05) is 24.3 Å². The molecule has 2 aliphatic rings. The van der Waals surface area contributed by atoms with Crippen LogP contribution < -0.4 is 4.74 Å². The summed E-state index contributed by atoms with van der Waals surface area (Å²) in [6.45, 7) is 0.975. The van der Waals surface area contributed by atoms with Gasteiger partial charge in [0.2, 0.25) is 12.3 Å². The van der Waals surface area contributed by atoms with Gasteiger partial charge in [0.05, 0.1) is 0 Å². The second kappa shape index (κ2) is 7.25. The molecule has 132 valence electrons. The van der Waals surface area contributed by atoms with Crippen molar-refractivity contribution in [3.8, 4) is 17.2 Å². The van der Waals surface area contributed by atoms with Gasteiger partial charge in [-0.1, -0.05) is 12.8 Å². The number of nitrogens with zero attached hydrogens (tertiary/aromatic N) is 3. The van der Waals surface area contributed by atoms with Crippen LogP contribution in [0.4, 0.5) is 0 Å². The van der Waals surface area contributed by atoms with Gasteiger partial charge in [0.25, 0.3) is 5.91 Å². The van der Waals surface area contributed by atoms with Crippen molar-refractivity contribution >= 4 is 5.91 Å². The number of ether oxygens (including phenoxy) is 1. The molecule has 2 atom stereocenters. The van der Waals surface area contributed by atoms with Crippen LogP contribution >= 0.6 is 0 Å². The molecule has 25 heavy (non-hydrogen) atoms. The molecule has 0 N–H and O–H groups in total. The van der Waals surface area contributed by atoms with Crippen molar-refractivity contribution in [2.75, 3.05) is 13.2 Å². The topological polar surface area (TPSA) is 68.5 Å². The Morgan fingerprint density at radius 2 is 1.96 bits per heavy atom. The summed E-state index contributed by atoms with van der Waals surface area (Å²) < 4.78 is 10.9. The molecule has 1 aliphatic heterocycles. The van der Waals surface area contributed by atoms with E-state index in [9.17, 15) is 4.79 Å². The number of carbonyl (C=O) groups is 1. The second-order valence-electron chi connectivity index (χ2n) is 6.90. The first-order valence-corrected chi connectivity index (χ1v) is 9.10. The van der Waals surface area contributed by atoms with Crippen LogP contribution in [0.25, 0.3) is 11.5 Å². The summed E-state index contributed by atoms with van der Waals surface area (Å²) in [7, 11) is 0. The van der Waals surface area contributed by atoms with Crippen molar-refractivity contribution in [3.05, 3.63) is 30.7 Å². The minimum atomic E-state index is 0.100. The molecule has 6 nitrogen and oxygen atoms in total. The van der Waals surface area contributed by atoms with Gasteiger partial charge in [0, 0.05) is 18.2 Å². The molecule has 4 rings (SSSR count). The fourth-order valence-electron chi connectivity index (χ4n) is 4.15. The maximum absolute atomic E-state index is 12.6. The quantitative estimate of drug-likeness (QED) is 0.853. The van der Waals surface area contributed by atoms with E-state index < -0.39 is 0 Å². The highest BCUT2D eigenvalue weighted by molar-refractivity contribution is 5.78. The molecular weight excluding hydrogens is 318 g/mol. The van der Waals surface area contributed by atoms with Gasteiger partial charge in [0.1, 0.15) is 5.75 Å². The van der Waals surface area contributed by atoms with Crippen LogP contribution in [0, 0.1) is 5.92 Å². The molecule has 2 aromatic rings. The van der Waals surface area contributed by atoms with Crippen LogP contribution in [0.5, 0.6) is 5.75 Å². The summed E-state index contributed by atoms with van der Waals surface area (Å²) in [6, 6.07) is 7.79. The fourth-order valence-corrected chi connectivity index (χ4v) is 4.15. The Bertz CT molecular complexity index is 697. The van der Waals surface area contributed by atoms with E-state index in [4.69, 9.17) is 9.15 Å². The first-order valence-electron chi connectivity index (χ1n) is 9.10.